The van der Waals surface area contributed by atoms with E-state index in [1.807, 2.05) is 0 Å². The second-order valence-electron chi connectivity index (χ2n) is 5.56. The first kappa shape index (κ1) is 17.7. The molecule has 0 aliphatic heterocycles. The van der Waals surface area contributed by atoms with Crippen molar-refractivity contribution in [2.45, 2.75) is 43.0 Å². The maximum atomic E-state index is 12.0. The fourth-order valence-electron chi connectivity index (χ4n) is 2.59. The number of aliphatic imine (C=N–C) groups is 1. The normalized spacial score (nSPS) is 17.0. The third kappa shape index (κ3) is 5.80. The summed E-state index contributed by atoms with van der Waals surface area (Å²) < 4.78 is 26.6. The summed E-state index contributed by atoms with van der Waals surface area (Å²) in [4.78, 5) is 8.17. The zero-order valence-electron chi connectivity index (χ0n) is 13.5. The van der Waals surface area contributed by atoms with Gasteiger partial charge in [-0.05, 0) is 25.0 Å². The minimum Gasteiger partial charge on any atom is -0.355 e. The average molecular weight is 339 g/mol. The van der Waals surface area contributed by atoms with Gasteiger partial charge in [-0.3, -0.25) is 9.98 Å². The van der Waals surface area contributed by atoms with Gasteiger partial charge in [0.1, 0.15) is 4.90 Å². The summed E-state index contributed by atoms with van der Waals surface area (Å²) in [7, 11) is -1.78. The van der Waals surface area contributed by atoms with Crippen molar-refractivity contribution in [3.8, 4) is 0 Å². The number of nitrogens with one attached hydrogen (secondary N) is 3. The molecule has 1 fully saturated rings. The van der Waals surface area contributed by atoms with Crippen LogP contribution >= 0.6 is 0 Å². The van der Waals surface area contributed by atoms with Crippen LogP contribution in [-0.4, -0.2) is 45.5 Å². The second kappa shape index (κ2) is 8.83. The number of guanidine groups is 1. The smallest absolute Gasteiger partial charge is 0.242 e. The fourth-order valence-corrected chi connectivity index (χ4v) is 3.59. The van der Waals surface area contributed by atoms with E-state index in [1.54, 1.807) is 19.3 Å². The van der Waals surface area contributed by atoms with Gasteiger partial charge in [-0.15, -0.1) is 0 Å². The van der Waals surface area contributed by atoms with E-state index in [-0.39, 0.29) is 11.4 Å². The molecular weight excluding hydrogens is 314 g/mol. The topological polar surface area (TPSA) is 95.5 Å². The highest BCUT2D eigenvalue weighted by atomic mass is 32.2. The predicted octanol–water partition coefficient (Wildman–Crippen LogP) is 0.858. The number of pyridine rings is 1. The zero-order valence-corrected chi connectivity index (χ0v) is 14.3. The molecule has 0 atom stereocenters. The largest absolute Gasteiger partial charge is 0.355 e. The van der Waals surface area contributed by atoms with Crippen molar-refractivity contribution in [3.63, 3.8) is 0 Å². The number of sulfonamides is 1. The van der Waals surface area contributed by atoms with E-state index in [0.717, 1.165) is 18.8 Å². The lowest BCUT2D eigenvalue weighted by Gasteiger charge is -2.24. The van der Waals surface area contributed by atoms with Crippen molar-refractivity contribution >= 4 is 16.0 Å². The maximum absolute atomic E-state index is 12.0. The van der Waals surface area contributed by atoms with Gasteiger partial charge < -0.3 is 10.6 Å². The lowest BCUT2D eigenvalue weighted by molar-refractivity contribution is 0.410. The highest BCUT2D eigenvalue weighted by Gasteiger charge is 2.15. The summed E-state index contributed by atoms with van der Waals surface area (Å²) in [5.74, 6) is 0.720. The Morgan fingerprint density at radius 3 is 2.74 bits per heavy atom. The summed E-state index contributed by atoms with van der Waals surface area (Å²) in [6, 6.07) is 3.58. The first-order chi connectivity index (χ1) is 11.1. The molecule has 0 bridgehead atoms. The van der Waals surface area contributed by atoms with Crippen LogP contribution in [0.25, 0.3) is 0 Å². The lowest BCUT2D eigenvalue weighted by atomic mass is 9.96. The molecule has 1 heterocycles. The predicted molar refractivity (Wildman–Crippen MR) is 90.8 cm³/mol. The quantitative estimate of drug-likeness (QED) is 0.406. The highest BCUT2D eigenvalue weighted by molar-refractivity contribution is 7.89. The van der Waals surface area contributed by atoms with Crippen LogP contribution in [-0.2, 0) is 10.0 Å². The molecule has 0 spiro atoms. The molecule has 3 N–H and O–H groups in total. The molecule has 1 aromatic rings. The SMILES string of the molecule is CN=C(NCCNS(=O)(=O)c1cccnc1)NC1CCCCC1. The fraction of sp³-hybridized carbons (Fsp3) is 0.600. The Morgan fingerprint density at radius 2 is 2.09 bits per heavy atom. The average Bonchev–Trinajstić information content (AvgIpc) is 2.59. The van der Waals surface area contributed by atoms with Gasteiger partial charge in [0.15, 0.2) is 5.96 Å². The van der Waals surface area contributed by atoms with E-state index in [0.29, 0.717) is 12.6 Å². The Morgan fingerprint density at radius 1 is 1.30 bits per heavy atom. The van der Waals surface area contributed by atoms with Crippen LogP contribution in [0.4, 0.5) is 0 Å². The van der Waals surface area contributed by atoms with Crippen LogP contribution in [0.1, 0.15) is 32.1 Å². The standard InChI is InChI=1S/C15H25N5O2S/c1-16-15(20-13-6-3-2-4-7-13)18-10-11-19-23(21,22)14-8-5-9-17-12-14/h5,8-9,12-13,19H,2-4,6-7,10-11H2,1H3,(H2,16,18,20). The van der Waals surface area contributed by atoms with E-state index in [2.05, 4.69) is 25.3 Å². The molecule has 7 nitrogen and oxygen atoms in total. The third-order valence-electron chi connectivity index (χ3n) is 3.82. The van der Waals surface area contributed by atoms with Crippen LogP contribution in [0.15, 0.2) is 34.4 Å². The van der Waals surface area contributed by atoms with E-state index < -0.39 is 10.0 Å². The van der Waals surface area contributed by atoms with Gasteiger partial charge in [-0.25, -0.2) is 13.1 Å². The molecule has 1 aliphatic carbocycles. The summed E-state index contributed by atoms with van der Waals surface area (Å²) in [6.07, 6.45) is 9.00. The molecule has 0 amide bonds. The molecule has 0 aromatic carbocycles. The molecule has 128 valence electrons. The Kier molecular flexibility index (Phi) is 6.79. The summed E-state index contributed by atoms with van der Waals surface area (Å²) in [5.41, 5.74) is 0. The van der Waals surface area contributed by atoms with Gasteiger partial charge in [-0.1, -0.05) is 19.3 Å². The Labute approximate surface area is 138 Å². The first-order valence-corrected chi connectivity index (χ1v) is 9.47. The monoisotopic (exact) mass is 339 g/mol. The molecule has 8 heteroatoms. The first-order valence-electron chi connectivity index (χ1n) is 7.99. The van der Waals surface area contributed by atoms with Crippen molar-refractivity contribution in [3.05, 3.63) is 24.5 Å². The van der Waals surface area contributed by atoms with Gasteiger partial charge in [0, 0.05) is 38.6 Å². The highest BCUT2D eigenvalue weighted by Crippen LogP contribution is 2.17. The van der Waals surface area contributed by atoms with Crippen molar-refractivity contribution in [2.75, 3.05) is 20.1 Å². The summed E-state index contributed by atoms with van der Waals surface area (Å²) in [6.45, 7) is 0.745. The number of rotatable bonds is 6. The minimum atomic E-state index is -3.50. The zero-order chi connectivity index (χ0) is 16.5. The summed E-state index contributed by atoms with van der Waals surface area (Å²) in [5, 5.41) is 6.52. The maximum Gasteiger partial charge on any atom is 0.242 e. The third-order valence-corrected chi connectivity index (χ3v) is 5.27. The van der Waals surface area contributed by atoms with Crippen LogP contribution in [0.2, 0.25) is 0 Å². The molecule has 1 aliphatic rings. The number of hydrogen-bond acceptors (Lipinski definition) is 4. The van der Waals surface area contributed by atoms with E-state index in [4.69, 9.17) is 0 Å². The molecule has 2 rings (SSSR count). The van der Waals surface area contributed by atoms with Gasteiger partial charge in [0.2, 0.25) is 10.0 Å². The van der Waals surface area contributed by atoms with Crippen molar-refractivity contribution < 1.29 is 8.42 Å². The van der Waals surface area contributed by atoms with Gasteiger partial charge in [0.25, 0.3) is 0 Å². The number of hydrogen-bond donors (Lipinski definition) is 3. The Bertz CT molecular complexity index is 598. The van der Waals surface area contributed by atoms with E-state index in [1.165, 1.54) is 31.5 Å². The van der Waals surface area contributed by atoms with E-state index >= 15 is 0 Å². The van der Waals surface area contributed by atoms with Crippen molar-refractivity contribution in [2.24, 2.45) is 4.99 Å². The Balaban J connectivity index is 1.73. The minimum absolute atomic E-state index is 0.171. The van der Waals surface area contributed by atoms with E-state index in [9.17, 15) is 8.42 Å². The number of aromatic nitrogens is 1. The van der Waals surface area contributed by atoms with Crippen molar-refractivity contribution in [1.29, 1.82) is 0 Å². The van der Waals surface area contributed by atoms with Crippen LogP contribution in [0.3, 0.4) is 0 Å². The van der Waals surface area contributed by atoms with Crippen LogP contribution in [0.5, 0.6) is 0 Å². The molecule has 1 aromatic heterocycles. The van der Waals surface area contributed by atoms with Gasteiger partial charge in [-0.2, -0.15) is 0 Å². The molecule has 0 saturated heterocycles. The molecule has 1 saturated carbocycles. The lowest BCUT2D eigenvalue weighted by Crippen LogP contribution is -2.46. The molecular formula is C15H25N5O2S. The molecule has 0 radical (unpaired) electrons. The van der Waals surface area contributed by atoms with Gasteiger partial charge >= 0.3 is 0 Å². The number of nitrogens with zero attached hydrogens (tertiary/aromatic N) is 2. The molecule has 23 heavy (non-hydrogen) atoms. The second-order valence-corrected chi connectivity index (χ2v) is 7.33. The molecule has 0 unspecified atom stereocenters. The summed E-state index contributed by atoms with van der Waals surface area (Å²) >= 11 is 0. The van der Waals surface area contributed by atoms with Crippen LogP contribution < -0.4 is 15.4 Å². The van der Waals surface area contributed by atoms with Gasteiger partial charge in [0.05, 0.1) is 0 Å². The Hall–Kier alpha value is -1.67. The van der Waals surface area contributed by atoms with Crippen LogP contribution in [0, 0.1) is 0 Å². The van der Waals surface area contributed by atoms with Crippen molar-refractivity contribution in [1.82, 2.24) is 20.3 Å².